The van der Waals surface area contributed by atoms with Crippen LogP contribution in [0.4, 0.5) is 19.3 Å². The molecule has 6 nitrogen and oxygen atoms in total. The van der Waals surface area contributed by atoms with E-state index in [2.05, 4.69) is 20.4 Å². The Bertz CT molecular complexity index is 906. The van der Waals surface area contributed by atoms with Crippen molar-refractivity contribution in [3.05, 3.63) is 41.0 Å². The maximum Gasteiger partial charge on any atom is 0.414 e. The van der Waals surface area contributed by atoms with Crippen LogP contribution in [-0.4, -0.2) is 23.6 Å². The molecule has 0 spiro atoms. The second kappa shape index (κ2) is 6.93. The number of thiophene rings is 1. The van der Waals surface area contributed by atoms with E-state index in [-0.39, 0.29) is 12.4 Å². The summed E-state index contributed by atoms with van der Waals surface area (Å²) in [6.45, 7) is 1.83. The molecule has 0 aliphatic carbocycles. The Hall–Kier alpha value is -2.52. The van der Waals surface area contributed by atoms with Crippen LogP contribution in [0.15, 0.2) is 29.6 Å². The molecular formula is C15H12FN3O3S2. The zero-order valence-corrected chi connectivity index (χ0v) is 14.1. The number of carbonyl (C=O) groups excluding carboxylic acids is 2. The highest BCUT2D eigenvalue weighted by Gasteiger charge is 2.17. The van der Waals surface area contributed by atoms with Crippen LogP contribution in [0.2, 0.25) is 0 Å². The van der Waals surface area contributed by atoms with Crippen molar-refractivity contribution < 1.29 is 18.7 Å². The Morgan fingerprint density at radius 3 is 2.96 bits per heavy atom. The van der Waals surface area contributed by atoms with E-state index in [1.54, 1.807) is 24.4 Å². The Kier molecular flexibility index (Phi) is 4.72. The molecule has 0 saturated carbocycles. The molecule has 3 rings (SSSR count). The lowest BCUT2D eigenvalue weighted by Gasteiger charge is -2.05. The summed E-state index contributed by atoms with van der Waals surface area (Å²) in [4.78, 5) is 27.8. The van der Waals surface area contributed by atoms with Gasteiger partial charge in [0.2, 0.25) is 0 Å². The number of hydrogen-bond acceptors (Lipinski definition) is 7. The number of ether oxygens (including phenoxy) is 1. The fraction of sp³-hybridized carbons (Fsp3) is 0.133. The van der Waals surface area contributed by atoms with Crippen LogP contribution in [0, 0.1) is 5.82 Å². The molecule has 2 heterocycles. The number of anilines is 2. The first-order valence-corrected chi connectivity index (χ1v) is 8.65. The normalized spacial score (nSPS) is 10.6. The number of halogens is 1. The maximum absolute atomic E-state index is 13.2. The minimum absolute atomic E-state index is 0.177. The molecule has 2 amide bonds. The molecule has 3 aromatic rings. The van der Waals surface area contributed by atoms with Crippen LogP contribution in [0.5, 0.6) is 0 Å². The van der Waals surface area contributed by atoms with Crippen LogP contribution >= 0.6 is 22.7 Å². The van der Waals surface area contributed by atoms with E-state index < -0.39 is 12.0 Å². The van der Waals surface area contributed by atoms with Gasteiger partial charge in [-0.2, -0.15) is 0 Å². The standard InChI is InChI=1S/C15H12FN3O3S2/c1-2-22-15(21)18-12(20)9-5-6-23-13(9)19-14-17-10-4-3-8(16)7-11(10)24-14/h3-7H,2H2,1H3,(H,17,19)(H,18,20,21). The summed E-state index contributed by atoms with van der Waals surface area (Å²) in [5.41, 5.74) is 0.969. The smallest absolute Gasteiger partial charge is 0.414 e. The number of carbonyl (C=O) groups is 2. The molecule has 9 heteroatoms. The van der Waals surface area contributed by atoms with Gasteiger partial charge in [-0.25, -0.2) is 14.2 Å². The van der Waals surface area contributed by atoms with E-state index in [0.29, 0.717) is 25.9 Å². The topological polar surface area (TPSA) is 80.3 Å². The van der Waals surface area contributed by atoms with Gasteiger partial charge in [-0.1, -0.05) is 11.3 Å². The zero-order valence-electron chi connectivity index (χ0n) is 12.5. The number of nitrogens with zero attached hydrogens (tertiary/aromatic N) is 1. The van der Waals surface area contributed by atoms with Crippen LogP contribution in [-0.2, 0) is 4.74 Å². The summed E-state index contributed by atoms with van der Waals surface area (Å²) in [6, 6.07) is 5.93. The van der Waals surface area contributed by atoms with E-state index in [1.165, 1.54) is 34.8 Å². The highest BCUT2D eigenvalue weighted by atomic mass is 32.1. The van der Waals surface area contributed by atoms with Gasteiger partial charge >= 0.3 is 6.09 Å². The molecule has 1 aromatic carbocycles. The number of thiazole rings is 1. The molecule has 124 valence electrons. The van der Waals surface area contributed by atoms with Gasteiger partial charge in [0.05, 0.1) is 22.4 Å². The average Bonchev–Trinajstić information content (AvgIpc) is 3.13. The third-order valence-electron chi connectivity index (χ3n) is 2.97. The quantitative estimate of drug-likeness (QED) is 0.727. The molecule has 2 N–H and O–H groups in total. The molecule has 0 fully saturated rings. The Morgan fingerprint density at radius 2 is 2.17 bits per heavy atom. The van der Waals surface area contributed by atoms with Crippen molar-refractivity contribution in [3.63, 3.8) is 0 Å². The average molecular weight is 365 g/mol. The number of hydrogen-bond donors (Lipinski definition) is 2. The first-order valence-electron chi connectivity index (χ1n) is 6.95. The third-order valence-corrected chi connectivity index (χ3v) is 4.74. The number of aromatic nitrogens is 1. The Morgan fingerprint density at radius 1 is 1.33 bits per heavy atom. The van der Waals surface area contributed by atoms with Crippen molar-refractivity contribution in [2.45, 2.75) is 6.92 Å². The number of amides is 2. The molecule has 0 saturated heterocycles. The van der Waals surface area contributed by atoms with Crippen molar-refractivity contribution >= 4 is 55.0 Å². The molecule has 0 unspecified atom stereocenters. The van der Waals surface area contributed by atoms with Crippen molar-refractivity contribution in [1.29, 1.82) is 0 Å². The minimum Gasteiger partial charge on any atom is -0.450 e. The predicted octanol–water partition coefficient (Wildman–Crippen LogP) is 4.13. The first kappa shape index (κ1) is 16.3. The van der Waals surface area contributed by atoms with Gasteiger partial charge in [-0.3, -0.25) is 10.1 Å². The van der Waals surface area contributed by atoms with Crippen LogP contribution < -0.4 is 10.6 Å². The van der Waals surface area contributed by atoms with E-state index >= 15 is 0 Å². The van der Waals surface area contributed by atoms with Crippen molar-refractivity contribution in [2.24, 2.45) is 0 Å². The van der Waals surface area contributed by atoms with Gasteiger partial charge in [0.25, 0.3) is 5.91 Å². The molecule has 0 atom stereocenters. The van der Waals surface area contributed by atoms with Gasteiger partial charge < -0.3 is 10.1 Å². The van der Waals surface area contributed by atoms with E-state index in [1.807, 2.05) is 0 Å². The second-order valence-electron chi connectivity index (χ2n) is 4.59. The molecule has 0 aliphatic heterocycles. The van der Waals surface area contributed by atoms with Gasteiger partial charge in [0.1, 0.15) is 10.8 Å². The van der Waals surface area contributed by atoms with E-state index in [4.69, 9.17) is 0 Å². The number of nitrogens with one attached hydrogen (secondary N) is 2. The lowest BCUT2D eigenvalue weighted by molar-refractivity contribution is 0.0926. The van der Waals surface area contributed by atoms with Crippen LogP contribution in [0.25, 0.3) is 10.2 Å². The SMILES string of the molecule is CCOC(=O)NC(=O)c1ccsc1Nc1nc2ccc(F)cc2s1. The molecular weight excluding hydrogens is 353 g/mol. The summed E-state index contributed by atoms with van der Waals surface area (Å²) in [5.74, 6) is -0.896. The molecule has 0 bridgehead atoms. The summed E-state index contributed by atoms with van der Waals surface area (Å²) in [7, 11) is 0. The minimum atomic E-state index is -0.796. The van der Waals surface area contributed by atoms with Crippen LogP contribution in [0.3, 0.4) is 0 Å². The summed E-state index contributed by atoms with van der Waals surface area (Å²) in [5, 5.41) is 7.97. The van der Waals surface area contributed by atoms with E-state index in [0.717, 1.165) is 0 Å². The monoisotopic (exact) mass is 365 g/mol. The van der Waals surface area contributed by atoms with Crippen molar-refractivity contribution in [1.82, 2.24) is 10.3 Å². The molecule has 0 aliphatic rings. The molecule has 2 aromatic heterocycles. The van der Waals surface area contributed by atoms with Crippen LogP contribution in [0.1, 0.15) is 17.3 Å². The van der Waals surface area contributed by atoms with Gasteiger partial charge in [-0.05, 0) is 36.6 Å². The first-order chi connectivity index (χ1) is 11.6. The zero-order chi connectivity index (χ0) is 17.1. The lowest BCUT2D eigenvalue weighted by atomic mass is 10.3. The van der Waals surface area contributed by atoms with Crippen molar-refractivity contribution in [3.8, 4) is 0 Å². The highest BCUT2D eigenvalue weighted by Crippen LogP contribution is 2.32. The fourth-order valence-corrected chi connectivity index (χ4v) is 3.70. The third kappa shape index (κ3) is 3.52. The second-order valence-corrected chi connectivity index (χ2v) is 6.54. The summed E-state index contributed by atoms with van der Waals surface area (Å²) < 4.78 is 18.6. The number of rotatable bonds is 4. The number of alkyl carbamates (subject to hydrolysis) is 1. The Labute approximate surface area is 144 Å². The largest absolute Gasteiger partial charge is 0.450 e. The highest BCUT2D eigenvalue weighted by molar-refractivity contribution is 7.22. The van der Waals surface area contributed by atoms with Crippen molar-refractivity contribution in [2.75, 3.05) is 11.9 Å². The summed E-state index contributed by atoms with van der Waals surface area (Å²) >= 11 is 2.57. The summed E-state index contributed by atoms with van der Waals surface area (Å²) in [6.07, 6.45) is -0.796. The number of benzene rings is 1. The lowest BCUT2D eigenvalue weighted by Crippen LogP contribution is -2.31. The Balaban J connectivity index is 1.79. The molecule has 0 radical (unpaired) electrons. The predicted molar refractivity (Wildman–Crippen MR) is 91.7 cm³/mol. The maximum atomic E-state index is 13.2. The number of fused-ring (bicyclic) bond motifs is 1. The molecule has 24 heavy (non-hydrogen) atoms. The fourth-order valence-electron chi connectivity index (χ4n) is 1.96. The van der Waals surface area contributed by atoms with Gasteiger partial charge in [0.15, 0.2) is 5.13 Å². The van der Waals surface area contributed by atoms with Gasteiger partial charge in [0, 0.05) is 0 Å². The van der Waals surface area contributed by atoms with E-state index in [9.17, 15) is 14.0 Å². The van der Waals surface area contributed by atoms with Gasteiger partial charge in [-0.15, -0.1) is 11.3 Å². The number of imide groups is 1.